The number of carbonyl (C=O) groups excluding carboxylic acids is 2. The van der Waals surface area contributed by atoms with Gasteiger partial charge in [-0.1, -0.05) is 29.8 Å². The molecule has 0 aromatic heterocycles. The molecule has 2 aromatic rings. The fourth-order valence-corrected chi connectivity index (χ4v) is 3.50. The maximum absolute atomic E-state index is 12.4. The van der Waals surface area contributed by atoms with Crippen LogP contribution in [0.4, 0.5) is 11.4 Å². The first-order valence-corrected chi connectivity index (χ1v) is 10.3. The second-order valence-corrected chi connectivity index (χ2v) is 8.92. The van der Waals surface area contributed by atoms with Crippen LogP contribution in [0, 0.1) is 20.8 Å². The average Bonchev–Trinajstić information content (AvgIpc) is 2.59. The highest BCUT2D eigenvalue weighted by Gasteiger charge is 2.30. The van der Waals surface area contributed by atoms with Gasteiger partial charge in [0.1, 0.15) is 11.0 Å². The van der Waals surface area contributed by atoms with E-state index in [1.807, 2.05) is 39.0 Å². The molecule has 0 spiro atoms. The lowest BCUT2D eigenvalue weighted by Gasteiger charge is -2.15. The lowest BCUT2D eigenvalue weighted by atomic mass is 10.1. The quantitative estimate of drug-likeness (QED) is 0.796. The Labute approximate surface area is 159 Å². The molecule has 0 bridgehead atoms. The predicted octanol–water partition coefficient (Wildman–Crippen LogP) is 2.99. The summed E-state index contributed by atoms with van der Waals surface area (Å²) in [4.78, 5) is 24.5. The van der Waals surface area contributed by atoms with Crippen molar-refractivity contribution in [2.45, 2.75) is 32.9 Å². The van der Waals surface area contributed by atoms with Crippen LogP contribution in [0.15, 0.2) is 42.5 Å². The zero-order chi connectivity index (χ0) is 20.2. The number of anilines is 2. The van der Waals surface area contributed by atoms with Crippen LogP contribution < -0.4 is 10.6 Å². The molecule has 0 radical (unpaired) electrons. The summed E-state index contributed by atoms with van der Waals surface area (Å²) in [5.41, 5.74) is 3.95. The lowest BCUT2D eigenvalue weighted by molar-refractivity contribution is -0.115. The van der Waals surface area contributed by atoms with Crippen molar-refractivity contribution < 1.29 is 18.0 Å². The number of hydrogen-bond donors (Lipinski definition) is 2. The highest BCUT2D eigenvalue weighted by atomic mass is 32.2. The minimum atomic E-state index is -3.95. The van der Waals surface area contributed by atoms with Crippen LogP contribution in [0.3, 0.4) is 0 Å². The molecule has 0 fully saturated rings. The van der Waals surface area contributed by atoms with E-state index >= 15 is 0 Å². The standard InChI is InChI=1S/C20H24N2O4S/c1-13-8-10-17(11-9-13)21-19(23)12-27(25,26)16(4)20(24)22-18-7-5-6-14(2)15(18)3/h5-11,16H,12H2,1-4H3,(H,21,23)(H,22,24). The van der Waals surface area contributed by atoms with E-state index in [4.69, 9.17) is 0 Å². The third kappa shape index (κ3) is 5.40. The summed E-state index contributed by atoms with van der Waals surface area (Å²) >= 11 is 0. The number of nitrogens with one attached hydrogen (secondary N) is 2. The van der Waals surface area contributed by atoms with Gasteiger partial charge in [-0.2, -0.15) is 0 Å². The third-order valence-corrected chi connectivity index (χ3v) is 6.39. The molecule has 0 aliphatic rings. The molecule has 0 aliphatic heterocycles. The Bertz CT molecular complexity index is 950. The summed E-state index contributed by atoms with van der Waals surface area (Å²) in [6.45, 7) is 6.95. The predicted molar refractivity (Wildman–Crippen MR) is 108 cm³/mol. The van der Waals surface area contributed by atoms with Crippen LogP contribution in [0.5, 0.6) is 0 Å². The molecule has 27 heavy (non-hydrogen) atoms. The second kappa shape index (κ2) is 8.35. The molecule has 0 heterocycles. The van der Waals surface area contributed by atoms with Gasteiger partial charge in [-0.15, -0.1) is 0 Å². The van der Waals surface area contributed by atoms with Gasteiger partial charge in [0.05, 0.1) is 0 Å². The number of carbonyl (C=O) groups is 2. The minimum absolute atomic E-state index is 0.508. The van der Waals surface area contributed by atoms with Gasteiger partial charge in [-0.3, -0.25) is 9.59 Å². The molecule has 7 heteroatoms. The largest absolute Gasteiger partial charge is 0.325 e. The SMILES string of the molecule is Cc1ccc(NC(=O)CS(=O)(=O)C(C)C(=O)Nc2cccc(C)c2C)cc1. The van der Waals surface area contributed by atoms with E-state index in [-0.39, 0.29) is 0 Å². The van der Waals surface area contributed by atoms with Crippen molar-refractivity contribution in [1.82, 2.24) is 0 Å². The van der Waals surface area contributed by atoms with E-state index in [0.717, 1.165) is 16.7 Å². The van der Waals surface area contributed by atoms with Gasteiger partial charge in [0.25, 0.3) is 0 Å². The molecular weight excluding hydrogens is 364 g/mol. The summed E-state index contributed by atoms with van der Waals surface area (Å²) in [5.74, 6) is -2.10. The van der Waals surface area contributed by atoms with Gasteiger partial charge >= 0.3 is 0 Å². The van der Waals surface area contributed by atoms with Crippen LogP contribution in [0.25, 0.3) is 0 Å². The summed E-state index contributed by atoms with van der Waals surface area (Å²) in [6.07, 6.45) is 0. The number of rotatable bonds is 6. The van der Waals surface area contributed by atoms with Gasteiger partial charge in [0, 0.05) is 11.4 Å². The Morgan fingerprint density at radius 1 is 0.963 bits per heavy atom. The Balaban J connectivity index is 2.03. The topological polar surface area (TPSA) is 92.3 Å². The van der Waals surface area contributed by atoms with E-state index in [1.165, 1.54) is 6.92 Å². The average molecular weight is 388 g/mol. The van der Waals surface area contributed by atoms with Crippen molar-refractivity contribution in [3.05, 3.63) is 59.2 Å². The zero-order valence-electron chi connectivity index (χ0n) is 15.9. The fraction of sp³-hybridized carbons (Fsp3) is 0.300. The lowest BCUT2D eigenvalue weighted by Crippen LogP contribution is -2.37. The Morgan fingerprint density at radius 3 is 2.22 bits per heavy atom. The van der Waals surface area contributed by atoms with Crippen molar-refractivity contribution in [2.75, 3.05) is 16.4 Å². The van der Waals surface area contributed by atoms with Gasteiger partial charge in [-0.05, 0) is 57.0 Å². The fourth-order valence-electron chi connectivity index (χ4n) is 2.43. The summed E-state index contributed by atoms with van der Waals surface area (Å²) in [7, 11) is -3.95. The summed E-state index contributed by atoms with van der Waals surface area (Å²) in [6, 6.07) is 12.4. The maximum atomic E-state index is 12.4. The smallest absolute Gasteiger partial charge is 0.242 e. The van der Waals surface area contributed by atoms with Gasteiger partial charge in [-0.25, -0.2) is 8.42 Å². The Morgan fingerprint density at radius 2 is 1.59 bits per heavy atom. The molecule has 0 aliphatic carbocycles. The molecule has 2 aromatic carbocycles. The van der Waals surface area contributed by atoms with E-state index in [0.29, 0.717) is 11.4 Å². The monoisotopic (exact) mass is 388 g/mol. The second-order valence-electron chi connectivity index (χ2n) is 6.60. The number of amides is 2. The summed E-state index contributed by atoms with van der Waals surface area (Å²) < 4.78 is 24.9. The first-order valence-electron chi connectivity index (χ1n) is 8.55. The zero-order valence-corrected chi connectivity index (χ0v) is 16.7. The van der Waals surface area contributed by atoms with Crippen molar-refractivity contribution in [1.29, 1.82) is 0 Å². The molecule has 2 N–H and O–H groups in total. The molecule has 2 amide bonds. The van der Waals surface area contributed by atoms with E-state index in [9.17, 15) is 18.0 Å². The van der Waals surface area contributed by atoms with Crippen LogP contribution in [-0.4, -0.2) is 31.2 Å². The van der Waals surface area contributed by atoms with Crippen molar-refractivity contribution in [3.63, 3.8) is 0 Å². The Kier molecular flexibility index (Phi) is 6.38. The third-order valence-electron chi connectivity index (χ3n) is 4.44. The number of hydrogen-bond acceptors (Lipinski definition) is 4. The van der Waals surface area contributed by atoms with Crippen molar-refractivity contribution >= 4 is 33.0 Å². The maximum Gasteiger partial charge on any atom is 0.242 e. The minimum Gasteiger partial charge on any atom is -0.325 e. The first kappa shape index (κ1) is 20.6. The highest BCUT2D eigenvalue weighted by Crippen LogP contribution is 2.19. The molecule has 1 atom stereocenters. The van der Waals surface area contributed by atoms with Crippen molar-refractivity contribution in [2.24, 2.45) is 0 Å². The van der Waals surface area contributed by atoms with Crippen molar-refractivity contribution in [3.8, 4) is 0 Å². The first-order chi connectivity index (χ1) is 12.6. The van der Waals surface area contributed by atoms with Crippen LogP contribution in [-0.2, 0) is 19.4 Å². The van der Waals surface area contributed by atoms with Crippen LogP contribution in [0.2, 0.25) is 0 Å². The summed E-state index contributed by atoms with van der Waals surface area (Å²) in [5, 5.41) is 3.83. The molecular formula is C20H24N2O4S. The van der Waals surface area contributed by atoms with E-state index < -0.39 is 32.7 Å². The highest BCUT2D eigenvalue weighted by molar-refractivity contribution is 7.93. The van der Waals surface area contributed by atoms with E-state index in [1.54, 1.807) is 24.3 Å². The van der Waals surface area contributed by atoms with Crippen LogP contribution >= 0.6 is 0 Å². The Hall–Kier alpha value is -2.67. The molecule has 144 valence electrons. The van der Waals surface area contributed by atoms with Gasteiger partial charge in [0.2, 0.25) is 11.8 Å². The molecule has 2 rings (SSSR count). The number of benzene rings is 2. The van der Waals surface area contributed by atoms with Crippen LogP contribution in [0.1, 0.15) is 23.6 Å². The number of sulfone groups is 1. The van der Waals surface area contributed by atoms with Gasteiger partial charge < -0.3 is 10.6 Å². The van der Waals surface area contributed by atoms with Gasteiger partial charge in [0.15, 0.2) is 9.84 Å². The normalized spacial score (nSPS) is 12.3. The molecule has 0 saturated carbocycles. The number of aryl methyl sites for hydroxylation is 2. The van der Waals surface area contributed by atoms with E-state index in [2.05, 4.69) is 10.6 Å². The molecule has 1 unspecified atom stereocenters. The molecule has 6 nitrogen and oxygen atoms in total. The molecule has 0 saturated heterocycles.